The number of nitro groups is 1. The fraction of sp³-hybridized carbons (Fsp3) is 0.500. The number of rotatable bonds is 4. The van der Waals surface area contributed by atoms with Gasteiger partial charge in [-0.25, -0.2) is 0 Å². The Bertz CT molecular complexity index is 450. The summed E-state index contributed by atoms with van der Waals surface area (Å²) in [6, 6.07) is 5.06. The summed E-state index contributed by atoms with van der Waals surface area (Å²) < 4.78 is 5.08. The number of nitro benzene ring substituents is 1. The quantitative estimate of drug-likeness (QED) is 0.641. The van der Waals surface area contributed by atoms with Crippen LogP contribution in [0.2, 0.25) is 0 Å². The molecule has 1 saturated heterocycles. The standard InChI is InChI=1S/C12H17N3O3/c1-18-12-5-9(4-11(6-12)15(16)17)7-14-3-2-10(13)8-14/h4-6,10H,2-3,7-8,13H2,1H3/t10-/m1/s1. The van der Waals surface area contributed by atoms with Crippen LogP contribution in [0.1, 0.15) is 12.0 Å². The Balaban J connectivity index is 2.16. The largest absolute Gasteiger partial charge is 0.496 e. The van der Waals surface area contributed by atoms with E-state index in [-0.39, 0.29) is 11.7 Å². The van der Waals surface area contributed by atoms with Crippen molar-refractivity contribution in [2.45, 2.75) is 19.0 Å². The fourth-order valence-corrected chi connectivity index (χ4v) is 2.22. The molecule has 1 fully saturated rings. The minimum atomic E-state index is -0.401. The molecule has 0 radical (unpaired) electrons. The van der Waals surface area contributed by atoms with Gasteiger partial charge in [-0.05, 0) is 18.1 Å². The summed E-state index contributed by atoms with van der Waals surface area (Å²) >= 11 is 0. The predicted octanol–water partition coefficient (Wildman–Crippen LogP) is 1.14. The highest BCUT2D eigenvalue weighted by atomic mass is 16.6. The summed E-state index contributed by atoms with van der Waals surface area (Å²) in [5, 5.41) is 10.8. The highest BCUT2D eigenvalue weighted by Crippen LogP contribution is 2.24. The Hall–Kier alpha value is -1.66. The molecule has 0 amide bonds. The van der Waals surface area contributed by atoms with Crippen LogP contribution in [0.15, 0.2) is 18.2 Å². The predicted molar refractivity (Wildman–Crippen MR) is 67.5 cm³/mol. The first-order chi connectivity index (χ1) is 8.58. The molecule has 0 spiro atoms. The van der Waals surface area contributed by atoms with Crippen LogP contribution >= 0.6 is 0 Å². The van der Waals surface area contributed by atoms with Gasteiger partial charge < -0.3 is 10.5 Å². The Kier molecular flexibility index (Phi) is 3.78. The van der Waals surface area contributed by atoms with Gasteiger partial charge in [-0.3, -0.25) is 15.0 Å². The molecule has 18 heavy (non-hydrogen) atoms. The maximum atomic E-state index is 10.8. The number of nitrogens with two attached hydrogens (primary N) is 1. The molecule has 0 unspecified atom stereocenters. The highest BCUT2D eigenvalue weighted by Gasteiger charge is 2.20. The van der Waals surface area contributed by atoms with Gasteiger partial charge >= 0.3 is 0 Å². The molecule has 2 N–H and O–H groups in total. The average molecular weight is 251 g/mol. The lowest BCUT2D eigenvalue weighted by molar-refractivity contribution is -0.385. The Morgan fingerprint density at radius 2 is 2.33 bits per heavy atom. The molecular formula is C12H17N3O3. The summed E-state index contributed by atoms with van der Waals surface area (Å²) in [7, 11) is 1.51. The maximum Gasteiger partial charge on any atom is 0.273 e. The molecule has 0 saturated carbocycles. The number of hydrogen-bond donors (Lipinski definition) is 1. The zero-order valence-corrected chi connectivity index (χ0v) is 10.3. The van der Waals surface area contributed by atoms with Crippen LogP contribution in [0.5, 0.6) is 5.75 Å². The van der Waals surface area contributed by atoms with Crippen LogP contribution in [0.25, 0.3) is 0 Å². The molecule has 1 aromatic carbocycles. The highest BCUT2D eigenvalue weighted by molar-refractivity contribution is 5.42. The van der Waals surface area contributed by atoms with Crippen molar-refractivity contribution in [1.29, 1.82) is 0 Å². The van der Waals surface area contributed by atoms with Gasteiger partial charge in [0.05, 0.1) is 18.1 Å². The van der Waals surface area contributed by atoms with Crippen molar-refractivity contribution in [1.82, 2.24) is 4.90 Å². The van der Waals surface area contributed by atoms with Crippen LogP contribution in [-0.2, 0) is 6.54 Å². The average Bonchev–Trinajstić information content (AvgIpc) is 2.74. The molecule has 0 aliphatic carbocycles. The van der Waals surface area contributed by atoms with Crippen LogP contribution < -0.4 is 10.5 Å². The minimum absolute atomic E-state index is 0.0628. The summed E-state index contributed by atoms with van der Waals surface area (Å²) in [4.78, 5) is 12.6. The molecule has 1 atom stereocenters. The van der Waals surface area contributed by atoms with Gasteiger partial charge in [-0.2, -0.15) is 0 Å². The molecule has 1 heterocycles. The van der Waals surface area contributed by atoms with E-state index in [1.807, 2.05) is 6.07 Å². The van der Waals surface area contributed by atoms with Crippen molar-refractivity contribution < 1.29 is 9.66 Å². The summed E-state index contributed by atoms with van der Waals surface area (Å²) in [6.45, 7) is 2.45. The number of hydrogen-bond acceptors (Lipinski definition) is 5. The lowest BCUT2D eigenvalue weighted by Crippen LogP contribution is -2.26. The summed E-state index contributed by atoms with van der Waals surface area (Å²) in [5.74, 6) is 0.516. The molecule has 0 bridgehead atoms. The molecule has 1 aliphatic heterocycles. The van der Waals surface area contributed by atoms with E-state index in [2.05, 4.69) is 4.90 Å². The van der Waals surface area contributed by atoms with Crippen molar-refractivity contribution in [2.75, 3.05) is 20.2 Å². The van der Waals surface area contributed by atoms with Crippen molar-refractivity contribution in [3.63, 3.8) is 0 Å². The maximum absolute atomic E-state index is 10.8. The topological polar surface area (TPSA) is 81.6 Å². The van der Waals surface area contributed by atoms with E-state index >= 15 is 0 Å². The molecule has 98 valence electrons. The second-order valence-electron chi connectivity index (χ2n) is 4.58. The SMILES string of the molecule is COc1cc(CN2CC[C@@H](N)C2)cc([N+](=O)[O-])c1. The third-order valence-corrected chi connectivity index (χ3v) is 3.11. The van der Waals surface area contributed by atoms with Crippen molar-refractivity contribution >= 4 is 5.69 Å². The Labute approximate surface area is 105 Å². The van der Waals surface area contributed by atoms with E-state index in [9.17, 15) is 10.1 Å². The second-order valence-corrected chi connectivity index (χ2v) is 4.58. The minimum Gasteiger partial charge on any atom is -0.496 e. The van der Waals surface area contributed by atoms with Gasteiger partial charge in [0.25, 0.3) is 5.69 Å². The number of methoxy groups -OCH3 is 1. The van der Waals surface area contributed by atoms with Gasteiger partial charge in [0.15, 0.2) is 0 Å². The first-order valence-electron chi connectivity index (χ1n) is 5.89. The number of likely N-dealkylation sites (tertiary alicyclic amines) is 1. The van der Waals surface area contributed by atoms with E-state index in [0.717, 1.165) is 25.1 Å². The van der Waals surface area contributed by atoms with E-state index < -0.39 is 4.92 Å². The molecule has 1 aromatic rings. The smallest absolute Gasteiger partial charge is 0.273 e. The second kappa shape index (κ2) is 5.32. The number of non-ortho nitro benzene ring substituents is 1. The number of ether oxygens (including phenoxy) is 1. The van der Waals surface area contributed by atoms with Gasteiger partial charge in [0.1, 0.15) is 5.75 Å². The van der Waals surface area contributed by atoms with Crippen LogP contribution in [0.3, 0.4) is 0 Å². The van der Waals surface area contributed by atoms with Crippen LogP contribution in [0.4, 0.5) is 5.69 Å². The summed E-state index contributed by atoms with van der Waals surface area (Å²) in [6.07, 6.45) is 0.978. The lowest BCUT2D eigenvalue weighted by Gasteiger charge is -2.15. The normalized spacial score (nSPS) is 20.0. The van der Waals surface area contributed by atoms with Gasteiger partial charge in [-0.1, -0.05) is 0 Å². The Morgan fingerprint density at radius 1 is 1.56 bits per heavy atom. The first-order valence-corrected chi connectivity index (χ1v) is 5.89. The van der Waals surface area contributed by atoms with Gasteiger partial charge in [-0.15, -0.1) is 0 Å². The zero-order chi connectivity index (χ0) is 13.1. The van der Waals surface area contributed by atoms with E-state index in [1.165, 1.54) is 13.2 Å². The zero-order valence-electron chi connectivity index (χ0n) is 10.3. The van der Waals surface area contributed by atoms with E-state index in [1.54, 1.807) is 6.07 Å². The molecule has 2 rings (SSSR count). The van der Waals surface area contributed by atoms with Crippen LogP contribution in [-0.4, -0.2) is 36.1 Å². The van der Waals surface area contributed by atoms with E-state index in [0.29, 0.717) is 12.3 Å². The molecule has 0 aromatic heterocycles. The van der Waals surface area contributed by atoms with Gasteiger partial charge in [0, 0.05) is 31.7 Å². The monoisotopic (exact) mass is 251 g/mol. The third-order valence-electron chi connectivity index (χ3n) is 3.11. The van der Waals surface area contributed by atoms with Crippen molar-refractivity contribution in [2.24, 2.45) is 5.73 Å². The molecular weight excluding hydrogens is 234 g/mol. The summed E-state index contributed by atoms with van der Waals surface area (Å²) in [5.41, 5.74) is 6.79. The Morgan fingerprint density at radius 3 is 2.89 bits per heavy atom. The van der Waals surface area contributed by atoms with E-state index in [4.69, 9.17) is 10.5 Å². The first kappa shape index (κ1) is 12.8. The lowest BCUT2D eigenvalue weighted by atomic mass is 10.2. The molecule has 1 aliphatic rings. The third kappa shape index (κ3) is 2.96. The van der Waals surface area contributed by atoms with Gasteiger partial charge in [0.2, 0.25) is 0 Å². The van der Waals surface area contributed by atoms with Crippen LogP contribution in [0, 0.1) is 10.1 Å². The molecule has 6 nitrogen and oxygen atoms in total. The van der Waals surface area contributed by atoms with Crippen molar-refractivity contribution in [3.8, 4) is 5.75 Å². The van der Waals surface area contributed by atoms with Crippen molar-refractivity contribution in [3.05, 3.63) is 33.9 Å². The number of benzene rings is 1. The molecule has 6 heteroatoms. The fourth-order valence-electron chi connectivity index (χ4n) is 2.22. The number of nitrogens with zero attached hydrogens (tertiary/aromatic N) is 2.